The number of rotatable bonds is 3. The Morgan fingerprint density at radius 1 is 1.29 bits per heavy atom. The minimum absolute atomic E-state index is 0.137. The molecule has 0 spiro atoms. The third-order valence-corrected chi connectivity index (χ3v) is 5.88. The molecular weight excluding hydrogens is 406 g/mol. The lowest BCUT2D eigenvalue weighted by molar-refractivity contribution is 0.102. The van der Waals surface area contributed by atoms with Crippen molar-refractivity contribution in [2.24, 2.45) is 0 Å². The topological polar surface area (TPSA) is 46.4 Å². The summed E-state index contributed by atoms with van der Waals surface area (Å²) in [6.45, 7) is 1.97. The molecule has 0 unspecified atom stereocenters. The Morgan fingerprint density at radius 2 is 2.17 bits per heavy atom. The number of thiazole rings is 1. The van der Waals surface area contributed by atoms with Crippen LogP contribution in [0.2, 0.25) is 0 Å². The number of aryl methyl sites for hydroxylation is 1. The van der Waals surface area contributed by atoms with Crippen LogP contribution in [0.4, 0.5) is 5.69 Å². The highest BCUT2D eigenvalue weighted by atomic mass is 79.9. The number of carbonyl (C=O) groups is 1. The van der Waals surface area contributed by atoms with Gasteiger partial charge in [-0.15, -0.1) is 22.7 Å². The zero-order chi connectivity index (χ0) is 16.7. The molecule has 0 aliphatic carbocycles. The molecule has 0 atom stereocenters. The van der Waals surface area contributed by atoms with Gasteiger partial charge in [0, 0.05) is 21.7 Å². The van der Waals surface area contributed by atoms with E-state index in [1.807, 2.05) is 58.6 Å². The van der Waals surface area contributed by atoms with E-state index in [0.717, 1.165) is 31.3 Å². The van der Waals surface area contributed by atoms with E-state index >= 15 is 0 Å². The van der Waals surface area contributed by atoms with Crippen LogP contribution in [-0.2, 0) is 0 Å². The zero-order valence-corrected chi connectivity index (χ0v) is 15.8. The maximum atomic E-state index is 12.7. The summed E-state index contributed by atoms with van der Waals surface area (Å²) in [6, 6.07) is 9.81. The molecule has 24 heavy (non-hydrogen) atoms. The Balaban J connectivity index is 1.67. The van der Waals surface area contributed by atoms with Crippen LogP contribution in [0.1, 0.15) is 16.1 Å². The number of hydrogen-bond donors (Lipinski definition) is 1. The molecule has 0 bridgehead atoms. The van der Waals surface area contributed by atoms with Gasteiger partial charge in [-0.3, -0.25) is 9.20 Å². The maximum absolute atomic E-state index is 12.7. The second-order valence-electron chi connectivity index (χ2n) is 5.29. The van der Waals surface area contributed by atoms with Gasteiger partial charge in [0.25, 0.3) is 5.91 Å². The fourth-order valence-corrected chi connectivity index (χ4v) is 4.45. The molecule has 0 saturated carbocycles. The van der Waals surface area contributed by atoms with Crippen molar-refractivity contribution in [3.8, 4) is 10.6 Å². The average Bonchev–Trinajstić information content (AvgIpc) is 3.24. The standard InChI is InChI=1S/C17H12BrN3OS2/c1-10-7-11(18)4-5-12(10)19-16(22)14-9-24-17-20-13(8-21(14)17)15-3-2-6-23-15/h2-9H,1H3,(H,19,22). The van der Waals surface area contributed by atoms with Crippen molar-refractivity contribution >= 4 is 55.2 Å². The number of imidazole rings is 1. The van der Waals surface area contributed by atoms with Gasteiger partial charge in [-0.1, -0.05) is 22.0 Å². The molecule has 4 nitrogen and oxygen atoms in total. The number of halogens is 1. The first-order chi connectivity index (χ1) is 11.6. The van der Waals surface area contributed by atoms with Crippen LogP contribution in [0.25, 0.3) is 15.5 Å². The van der Waals surface area contributed by atoms with Gasteiger partial charge < -0.3 is 5.32 Å². The van der Waals surface area contributed by atoms with Gasteiger partial charge in [0.15, 0.2) is 4.96 Å². The number of carbonyl (C=O) groups excluding carboxylic acids is 1. The lowest BCUT2D eigenvalue weighted by Gasteiger charge is -2.08. The minimum atomic E-state index is -0.137. The number of fused-ring (bicyclic) bond motifs is 1. The summed E-state index contributed by atoms with van der Waals surface area (Å²) in [5, 5.41) is 6.83. The van der Waals surface area contributed by atoms with E-state index in [0.29, 0.717) is 5.69 Å². The smallest absolute Gasteiger partial charge is 0.273 e. The van der Waals surface area contributed by atoms with E-state index in [9.17, 15) is 4.79 Å². The third-order valence-electron chi connectivity index (χ3n) is 3.65. The Hall–Kier alpha value is -1.96. The van der Waals surface area contributed by atoms with E-state index < -0.39 is 0 Å². The van der Waals surface area contributed by atoms with Gasteiger partial charge in [-0.05, 0) is 42.1 Å². The first-order valence-corrected chi connectivity index (χ1v) is 9.75. The van der Waals surface area contributed by atoms with Crippen LogP contribution < -0.4 is 5.32 Å². The Kier molecular flexibility index (Phi) is 3.99. The molecule has 0 aliphatic rings. The van der Waals surface area contributed by atoms with Crippen molar-refractivity contribution in [3.63, 3.8) is 0 Å². The Morgan fingerprint density at radius 3 is 2.92 bits per heavy atom. The van der Waals surface area contributed by atoms with E-state index in [1.165, 1.54) is 11.3 Å². The number of hydrogen-bond acceptors (Lipinski definition) is 4. The highest BCUT2D eigenvalue weighted by Gasteiger charge is 2.16. The summed E-state index contributed by atoms with van der Waals surface area (Å²) in [4.78, 5) is 19.2. The van der Waals surface area contributed by atoms with Gasteiger partial charge in [-0.2, -0.15) is 0 Å². The lowest BCUT2D eigenvalue weighted by Crippen LogP contribution is -2.14. The van der Waals surface area contributed by atoms with E-state index in [1.54, 1.807) is 11.3 Å². The van der Waals surface area contributed by atoms with Crippen LogP contribution in [-0.4, -0.2) is 15.3 Å². The molecule has 3 heterocycles. The highest BCUT2D eigenvalue weighted by Crippen LogP contribution is 2.27. The molecule has 3 aromatic heterocycles. The second-order valence-corrected chi connectivity index (χ2v) is 7.99. The quantitative estimate of drug-likeness (QED) is 0.481. The summed E-state index contributed by atoms with van der Waals surface area (Å²) < 4.78 is 2.84. The first kappa shape index (κ1) is 15.6. The van der Waals surface area contributed by atoms with E-state index in [2.05, 4.69) is 26.2 Å². The number of amides is 1. The van der Waals surface area contributed by atoms with Crippen molar-refractivity contribution < 1.29 is 4.79 Å². The van der Waals surface area contributed by atoms with Gasteiger partial charge >= 0.3 is 0 Å². The molecule has 0 radical (unpaired) electrons. The normalized spacial score (nSPS) is 11.1. The van der Waals surface area contributed by atoms with Crippen molar-refractivity contribution in [1.82, 2.24) is 9.38 Å². The van der Waals surface area contributed by atoms with Gasteiger partial charge in [0.1, 0.15) is 11.4 Å². The number of benzene rings is 1. The van der Waals surface area contributed by atoms with E-state index in [4.69, 9.17) is 0 Å². The summed E-state index contributed by atoms with van der Waals surface area (Å²) in [6.07, 6.45) is 1.92. The van der Waals surface area contributed by atoms with Crippen LogP contribution in [0, 0.1) is 6.92 Å². The van der Waals surface area contributed by atoms with Crippen molar-refractivity contribution in [2.45, 2.75) is 6.92 Å². The molecular formula is C17H12BrN3OS2. The van der Waals surface area contributed by atoms with Crippen LogP contribution in [0.5, 0.6) is 0 Å². The molecule has 4 rings (SSSR count). The number of nitrogens with one attached hydrogen (secondary N) is 1. The minimum Gasteiger partial charge on any atom is -0.320 e. The molecule has 0 saturated heterocycles. The number of thiophene rings is 1. The molecule has 120 valence electrons. The summed E-state index contributed by atoms with van der Waals surface area (Å²) in [5.74, 6) is -0.137. The molecule has 1 aromatic carbocycles. The predicted octanol–water partition coefficient (Wildman–Crippen LogP) is 5.45. The predicted molar refractivity (Wildman–Crippen MR) is 103 cm³/mol. The number of anilines is 1. The lowest BCUT2D eigenvalue weighted by atomic mass is 10.2. The van der Waals surface area contributed by atoms with E-state index in [-0.39, 0.29) is 5.91 Å². The molecule has 7 heteroatoms. The molecule has 1 N–H and O–H groups in total. The maximum Gasteiger partial charge on any atom is 0.273 e. The third kappa shape index (κ3) is 2.79. The Bertz CT molecular complexity index is 1030. The summed E-state index contributed by atoms with van der Waals surface area (Å²) in [5.41, 5.74) is 3.30. The molecule has 1 amide bonds. The van der Waals surface area contributed by atoms with Crippen molar-refractivity contribution in [3.05, 3.63) is 63.0 Å². The SMILES string of the molecule is Cc1cc(Br)ccc1NC(=O)c1csc2nc(-c3cccs3)cn12. The van der Waals surface area contributed by atoms with Crippen molar-refractivity contribution in [1.29, 1.82) is 0 Å². The number of nitrogens with zero attached hydrogens (tertiary/aromatic N) is 2. The van der Waals surface area contributed by atoms with Gasteiger partial charge in [0.05, 0.1) is 4.88 Å². The number of aromatic nitrogens is 2. The summed E-state index contributed by atoms with van der Waals surface area (Å²) in [7, 11) is 0. The average molecular weight is 418 g/mol. The van der Waals surface area contributed by atoms with Crippen LogP contribution in [0.3, 0.4) is 0 Å². The fraction of sp³-hybridized carbons (Fsp3) is 0.0588. The largest absolute Gasteiger partial charge is 0.320 e. The first-order valence-electron chi connectivity index (χ1n) is 7.20. The van der Waals surface area contributed by atoms with Gasteiger partial charge in [-0.25, -0.2) is 4.98 Å². The monoisotopic (exact) mass is 417 g/mol. The second kappa shape index (κ2) is 6.16. The fourth-order valence-electron chi connectivity index (χ4n) is 2.44. The zero-order valence-electron chi connectivity index (χ0n) is 12.6. The molecule has 0 fully saturated rings. The molecule has 0 aliphatic heterocycles. The summed E-state index contributed by atoms with van der Waals surface area (Å²) >= 11 is 6.54. The highest BCUT2D eigenvalue weighted by molar-refractivity contribution is 9.10. The Labute approximate surface area is 154 Å². The van der Waals surface area contributed by atoms with Crippen LogP contribution >= 0.6 is 38.6 Å². The van der Waals surface area contributed by atoms with Crippen molar-refractivity contribution in [2.75, 3.05) is 5.32 Å². The van der Waals surface area contributed by atoms with Crippen LogP contribution in [0.15, 0.2) is 51.8 Å². The molecule has 4 aromatic rings. The van der Waals surface area contributed by atoms with Gasteiger partial charge in [0.2, 0.25) is 0 Å².